The second-order valence-corrected chi connectivity index (χ2v) is 20.7. The highest BCUT2D eigenvalue weighted by atomic mass is 19.1. The normalized spacial score (nSPS) is 44.6. The lowest BCUT2D eigenvalue weighted by molar-refractivity contribution is -0.243. The van der Waals surface area contributed by atoms with Crippen molar-refractivity contribution in [3.8, 4) is 0 Å². The fourth-order valence-corrected chi connectivity index (χ4v) is 12.5. The molecule has 3 saturated carbocycles. The summed E-state index contributed by atoms with van der Waals surface area (Å²) in [4.78, 5) is 41.6. The number of nitrogens with one attached hydrogen (secondary N) is 2. The second-order valence-electron chi connectivity index (χ2n) is 20.7. The number of esters is 1. The Morgan fingerprint density at radius 3 is 2.30 bits per heavy atom. The summed E-state index contributed by atoms with van der Waals surface area (Å²) in [7, 11) is 3.75. The molecule has 2 aliphatic heterocycles. The van der Waals surface area contributed by atoms with Crippen LogP contribution in [-0.4, -0.2) is 165 Å². The van der Waals surface area contributed by atoms with Gasteiger partial charge in [-0.05, 0) is 142 Å². The quantitative estimate of drug-likeness (QED) is 0.128. The third-order valence-corrected chi connectivity index (χ3v) is 16.4. The Kier molecular flexibility index (Phi) is 20.0. The Balaban J connectivity index is 0.00000232. The van der Waals surface area contributed by atoms with Crippen LogP contribution in [0.15, 0.2) is 23.8 Å². The molecular weight excluding hydrogens is 858 g/mol. The predicted molar refractivity (Wildman–Crippen MR) is 245 cm³/mol. The lowest BCUT2D eigenvalue weighted by Gasteiger charge is -2.60. The number of aliphatic hydroxyl groups is 6. The molecule has 4 aliphatic carbocycles. The van der Waals surface area contributed by atoms with E-state index < -0.39 is 101 Å². The number of allylic oxidation sites excluding steroid dienone is 4. The fraction of sp³-hybridized carbons (Fsp3) is 0.857. The van der Waals surface area contributed by atoms with Crippen LogP contribution >= 0.6 is 0 Å². The molecule has 6 aliphatic rings. The summed E-state index contributed by atoms with van der Waals surface area (Å²) in [6.07, 6.45) is -0.831. The molecule has 10 N–H and O–H groups in total. The summed E-state index contributed by atoms with van der Waals surface area (Å²) in [6, 6.07) is -0.652. The Hall–Kier alpha value is -2.42. The van der Waals surface area contributed by atoms with Crippen molar-refractivity contribution in [2.75, 3.05) is 33.7 Å². The van der Waals surface area contributed by atoms with Gasteiger partial charge in [0, 0.05) is 41.8 Å². The van der Waals surface area contributed by atoms with Gasteiger partial charge < -0.3 is 61.0 Å². The summed E-state index contributed by atoms with van der Waals surface area (Å²) in [5.74, 6) is -4.20. The van der Waals surface area contributed by atoms with E-state index in [1.54, 1.807) is 26.8 Å². The number of alkyl halides is 1. The number of ether oxygens (including phenoxy) is 3. The maximum absolute atomic E-state index is 15.8. The number of halogens is 1. The van der Waals surface area contributed by atoms with Gasteiger partial charge in [0.1, 0.15) is 24.0 Å². The molecule has 0 radical (unpaired) electrons. The van der Waals surface area contributed by atoms with Gasteiger partial charge in [-0.25, -0.2) is 4.39 Å². The summed E-state index contributed by atoms with van der Waals surface area (Å²) in [5, 5.41) is 75.6. The molecule has 1 amide bonds. The highest BCUT2D eigenvalue weighted by molar-refractivity contribution is 6.01. The minimum Gasteiger partial charge on any atom is -0.459 e. The zero-order valence-electron chi connectivity index (χ0n) is 40.8. The summed E-state index contributed by atoms with van der Waals surface area (Å²) in [5.41, 5.74) is -3.30. The van der Waals surface area contributed by atoms with Crippen molar-refractivity contribution in [3.05, 3.63) is 23.8 Å². The standard InChI is InChI=1S/C47H75FN2O12.C2H7N.H2O/c1-8-36-41(56)40(55)28(5)50(20-10-13-34(52)42(62-37-14-9-12-25(2)60-37)26(3)39(54)27(4)43(57)61-36)21-11-19-49-44(58)47(59)18-16-31-30-23-33(48)32-22-29(51)15-17-45(32,6)38(30)35(53)24-46(31,47)7;1-3-2;/h15,17,22,25-28,30-31,33-42,52-56,59H,8-14,16,18-21,23-24H2,1-7H3,(H,49,58);3H,1-2H3;1H2/t25-,26+,27-,28-,30?,31?,33+,34-,35+,36-,37+,38?,39?,40-,41-,42?,45+,46+,47+;;/m1../s1. The number of cyclic esters (lactones) is 1. The first-order chi connectivity index (χ1) is 30.6. The van der Waals surface area contributed by atoms with Crippen LogP contribution in [0.1, 0.15) is 119 Å². The molecular formula is C49H84FN3O13. The fourth-order valence-electron chi connectivity index (χ4n) is 12.5. The molecule has 0 aromatic heterocycles. The third kappa shape index (κ3) is 11.4. The first kappa shape index (κ1) is 56.2. The number of hydrogen-bond donors (Lipinski definition) is 8. The van der Waals surface area contributed by atoms with Gasteiger partial charge in [-0.2, -0.15) is 0 Å². The molecule has 5 fully saturated rings. The maximum atomic E-state index is 15.8. The predicted octanol–water partition coefficient (Wildman–Crippen LogP) is 2.28. The largest absolute Gasteiger partial charge is 0.459 e. The van der Waals surface area contributed by atoms with Crippen molar-refractivity contribution in [2.45, 2.75) is 192 Å². The van der Waals surface area contributed by atoms with E-state index in [9.17, 15) is 45.0 Å². The van der Waals surface area contributed by atoms with E-state index in [0.717, 1.165) is 12.8 Å². The minimum atomic E-state index is -1.81. The van der Waals surface area contributed by atoms with Crippen LogP contribution in [0.25, 0.3) is 0 Å². The van der Waals surface area contributed by atoms with Crippen LogP contribution in [0, 0.1) is 40.4 Å². The van der Waals surface area contributed by atoms with E-state index in [4.69, 9.17) is 14.2 Å². The highest BCUT2D eigenvalue weighted by Crippen LogP contribution is 2.67. The molecule has 0 aromatic carbocycles. The monoisotopic (exact) mass is 942 g/mol. The van der Waals surface area contributed by atoms with Gasteiger partial charge in [-0.15, -0.1) is 0 Å². The Labute approximate surface area is 391 Å². The molecule has 5 unspecified atom stereocenters. The van der Waals surface area contributed by atoms with Gasteiger partial charge >= 0.3 is 5.97 Å². The van der Waals surface area contributed by atoms with Gasteiger partial charge in [0.25, 0.3) is 5.91 Å². The van der Waals surface area contributed by atoms with Crippen LogP contribution < -0.4 is 10.6 Å². The number of carbonyl (C=O) groups is 3. The summed E-state index contributed by atoms with van der Waals surface area (Å²) >= 11 is 0. The van der Waals surface area contributed by atoms with Crippen LogP contribution in [0.3, 0.4) is 0 Å². The van der Waals surface area contributed by atoms with Gasteiger partial charge in [-0.3, -0.25) is 19.3 Å². The molecule has 6 rings (SSSR count). The van der Waals surface area contributed by atoms with Crippen molar-refractivity contribution in [2.24, 2.45) is 40.4 Å². The lowest BCUT2D eigenvalue weighted by atomic mass is 9.46. The van der Waals surface area contributed by atoms with E-state index in [0.29, 0.717) is 44.3 Å². The number of amides is 1. The molecule has 2 heterocycles. The van der Waals surface area contributed by atoms with Gasteiger partial charge in [0.05, 0.1) is 42.5 Å². The van der Waals surface area contributed by atoms with Crippen LogP contribution in [0.4, 0.5) is 4.39 Å². The molecule has 0 spiro atoms. The zero-order chi connectivity index (χ0) is 48.2. The van der Waals surface area contributed by atoms with Gasteiger partial charge in [0.2, 0.25) is 0 Å². The lowest BCUT2D eigenvalue weighted by Crippen LogP contribution is -2.64. The maximum Gasteiger partial charge on any atom is 0.311 e. The number of fused-ring (bicyclic) bond motifs is 5. The highest BCUT2D eigenvalue weighted by Gasteiger charge is 2.69. The average molecular weight is 942 g/mol. The SMILES string of the molecule is CC[C@H]1OC(=O)[C@H](C)C(O)[C@H](C)C(O[C@H]2CCC[C@@H](C)O2)[C@H](O)CCCN(CCCNC(=O)[C@@]2(O)CCC3C4C[C@H](F)C5=CC(=O)C=C[C@]5(C)C4[C@@H](O)C[C@@]32C)[C@H](C)[C@@H](O)[C@@H]1O.CNC.O. The summed E-state index contributed by atoms with van der Waals surface area (Å²) < 4.78 is 34.0. The van der Waals surface area contributed by atoms with Crippen molar-refractivity contribution in [1.82, 2.24) is 15.5 Å². The van der Waals surface area contributed by atoms with Gasteiger partial charge in [0.15, 0.2) is 12.1 Å². The first-order valence-electron chi connectivity index (χ1n) is 24.4. The zero-order valence-corrected chi connectivity index (χ0v) is 40.8. The molecule has 16 nitrogen and oxygen atoms in total. The molecule has 380 valence electrons. The Morgan fingerprint density at radius 2 is 1.65 bits per heavy atom. The molecule has 0 aromatic rings. The van der Waals surface area contributed by atoms with Crippen LogP contribution in [0.2, 0.25) is 0 Å². The van der Waals surface area contributed by atoms with Crippen molar-refractivity contribution < 1.29 is 69.1 Å². The second kappa shape index (κ2) is 23.5. The Bertz CT molecular complexity index is 1690. The van der Waals surface area contributed by atoms with E-state index in [2.05, 4.69) is 10.6 Å². The van der Waals surface area contributed by atoms with Gasteiger partial charge in [-0.1, -0.05) is 33.8 Å². The number of rotatable bonds is 8. The van der Waals surface area contributed by atoms with E-state index >= 15 is 4.39 Å². The smallest absolute Gasteiger partial charge is 0.311 e. The number of hydrogen-bond acceptors (Lipinski definition) is 14. The van der Waals surface area contributed by atoms with E-state index in [-0.39, 0.29) is 73.8 Å². The third-order valence-electron chi connectivity index (χ3n) is 16.4. The molecule has 66 heavy (non-hydrogen) atoms. The molecule has 19 atom stereocenters. The van der Waals surface area contributed by atoms with Crippen LogP contribution in [-0.2, 0) is 28.6 Å². The first-order valence-corrected chi connectivity index (χ1v) is 24.4. The van der Waals surface area contributed by atoms with Crippen molar-refractivity contribution in [1.29, 1.82) is 0 Å². The summed E-state index contributed by atoms with van der Waals surface area (Å²) in [6.45, 7) is 13.3. The van der Waals surface area contributed by atoms with E-state index in [1.165, 1.54) is 19.1 Å². The average Bonchev–Trinajstić information content (AvgIpc) is 3.54. The van der Waals surface area contributed by atoms with Crippen molar-refractivity contribution in [3.63, 3.8) is 0 Å². The molecule has 17 heteroatoms. The Morgan fingerprint density at radius 1 is 0.970 bits per heavy atom. The van der Waals surface area contributed by atoms with Crippen molar-refractivity contribution >= 4 is 17.7 Å². The number of carbonyl (C=O) groups excluding carboxylic acids is 3. The van der Waals surface area contributed by atoms with E-state index in [1.807, 2.05) is 39.8 Å². The minimum absolute atomic E-state index is 0. The topological polar surface area (TPSA) is 259 Å². The van der Waals surface area contributed by atoms with Crippen LogP contribution in [0.5, 0.6) is 0 Å². The number of ketones is 1. The number of aliphatic hydroxyl groups excluding tert-OH is 5. The molecule has 0 bridgehead atoms. The number of nitrogens with zero attached hydrogens (tertiary/aromatic N) is 1. The molecule has 2 saturated heterocycles.